The first-order valence-corrected chi connectivity index (χ1v) is 8.68. The Bertz CT molecular complexity index is 801. The van der Waals surface area contributed by atoms with Gasteiger partial charge in [-0.3, -0.25) is 10.1 Å². The molecular formula is C18H15IN2O2. The van der Waals surface area contributed by atoms with Gasteiger partial charge in [-0.1, -0.05) is 24.3 Å². The summed E-state index contributed by atoms with van der Waals surface area (Å²) in [4.78, 5) is 10.5. The van der Waals surface area contributed by atoms with Crippen LogP contribution in [0.5, 0.6) is 0 Å². The van der Waals surface area contributed by atoms with E-state index in [9.17, 15) is 10.1 Å². The van der Waals surface area contributed by atoms with Crippen molar-refractivity contribution >= 4 is 34.0 Å². The number of non-ortho nitro benzene ring substituents is 1. The predicted molar refractivity (Wildman–Crippen MR) is 98.6 cm³/mol. The average Bonchev–Trinajstić information content (AvgIpc) is 3.04. The van der Waals surface area contributed by atoms with E-state index in [0.717, 1.165) is 12.0 Å². The fourth-order valence-electron chi connectivity index (χ4n) is 3.70. The minimum atomic E-state index is -0.352. The van der Waals surface area contributed by atoms with Crippen LogP contribution in [0.25, 0.3) is 0 Å². The van der Waals surface area contributed by atoms with Crippen LogP contribution in [0, 0.1) is 19.6 Å². The van der Waals surface area contributed by atoms with E-state index in [1.165, 1.54) is 14.8 Å². The number of nitrogens with zero attached hydrogens (tertiary/aromatic N) is 1. The maximum atomic E-state index is 10.8. The molecule has 1 aliphatic heterocycles. The van der Waals surface area contributed by atoms with Gasteiger partial charge in [-0.25, -0.2) is 0 Å². The zero-order chi connectivity index (χ0) is 16.0. The van der Waals surface area contributed by atoms with Gasteiger partial charge < -0.3 is 5.32 Å². The molecule has 116 valence electrons. The van der Waals surface area contributed by atoms with Gasteiger partial charge in [0.25, 0.3) is 5.69 Å². The number of nitro benzene ring substituents is 1. The molecule has 4 rings (SSSR count). The lowest BCUT2D eigenvalue weighted by atomic mass is 9.77. The third-order valence-corrected chi connectivity index (χ3v) is 5.46. The van der Waals surface area contributed by atoms with E-state index in [1.54, 1.807) is 12.1 Å². The van der Waals surface area contributed by atoms with Gasteiger partial charge >= 0.3 is 0 Å². The number of allylic oxidation sites excluding steroid dienone is 2. The summed E-state index contributed by atoms with van der Waals surface area (Å²) < 4.78 is 1.25. The van der Waals surface area contributed by atoms with Crippen LogP contribution >= 0.6 is 22.6 Å². The second kappa shape index (κ2) is 5.63. The second-order valence-corrected chi connectivity index (χ2v) is 7.30. The molecule has 0 spiro atoms. The zero-order valence-electron chi connectivity index (χ0n) is 12.3. The highest BCUT2D eigenvalue weighted by Gasteiger charge is 2.37. The molecule has 3 atom stereocenters. The predicted octanol–water partition coefficient (Wildman–Crippen LogP) is 5.03. The van der Waals surface area contributed by atoms with E-state index in [4.69, 9.17) is 0 Å². The Labute approximate surface area is 147 Å². The average molecular weight is 418 g/mol. The van der Waals surface area contributed by atoms with Gasteiger partial charge in [-0.15, -0.1) is 0 Å². The maximum absolute atomic E-state index is 10.8. The lowest BCUT2D eigenvalue weighted by Gasteiger charge is -2.37. The smallest absolute Gasteiger partial charge is 0.269 e. The highest BCUT2D eigenvalue weighted by atomic mass is 127. The van der Waals surface area contributed by atoms with Crippen molar-refractivity contribution in [3.8, 4) is 0 Å². The fraction of sp³-hybridized carbons (Fsp3) is 0.222. The van der Waals surface area contributed by atoms with Gasteiger partial charge in [0.15, 0.2) is 0 Å². The normalized spacial score (nSPS) is 24.7. The van der Waals surface area contributed by atoms with Gasteiger partial charge in [0, 0.05) is 27.3 Å². The van der Waals surface area contributed by atoms with E-state index in [0.29, 0.717) is 11.8 Å². The first-order valence-electron chi connectivity index (χ1n) is 7.60. The van der Waals surface area contributed by atoms with Crippen molar-refractivity contribution in [1.82, 2.24) is 0 Å². The largest absolute Gasteiger partial charge is 0.378 e. The van der Waals surface area contributed by atoms with Crippen molar-refractivity contribution < 1.29 is 4.92 Å². The summed E-state index contributed by atoms with van der Waals surface area (Å²) in [6.07, 6.45) is 5.59. The van der Waals surface area contributed by atoms with Gasteiger partial charge in [-0.05, 0) is 64.3 Å². The lowest BCUT2D eigenvalue weighted by molar-refractivity contribution is -0.384. The first kappa shape index (κ1) is 14.7. The number of fused-ring (bicyclic) bond motifs is 3. The van der Waals surface area contributed by atoms with Crippen molar-refractivity contribution in [2.45, 2.75) is 18.4 Å². The molecule has 1 heterocycles. The van der Waals surface area contributed by atoms with Crippen LogP contribution in [0.4, 0.5) is 11.4 Å². The number of nitrogens with one attached hydrogen (secondary N) is 1. The number of nitro groups is 1. The van der Waals surface area contributed by atoms with E-state index in [-0.39, 0.29) is 16.7 Å². The molecule has 0 fully saturated rings. The van der Waals surface area contributed by atoms with Crippen LogP contribution in [0.1, 0.15) is 29.5 Å². The molecule has 2 aromatic carbocycles. The third-order valence-electron chi connectivity index (χ3n) is 4.79. The molecule has 1 N–H and O–H groups in total. The molecule has 0 amide bonds. The van der Waals surface area contributed by atoms with Gasteiger partial charge in [0.2, 0.25) is 0 Å². The highest BCUT2D eigenvalue weighted by molar-refractivity contribution is 14.1. The van der Waals surface area contributed by atoms with Gasteiger partial charge in [0.1, 0.15) is 0 Å². The third kappa shape index (κ3) is 2.52. The Morgan fingerprint density at radius 2 is 1.96 bits per heavy atom. The second-order valence-electron chi connectivity index (χ2n) is 6.06. The number of hydrogen-bond acceptors (Lipinski definition) is 3. The van der Waals surface area contributed by atoms with Crippen LogP contribution in [0.15, 0.2) is 54.6 Å². The lowest BCUT2D eigenvalue weighted by Crippen LogP contribution is -2.29. The molecule has 5 heteroatoms. The quantitative estimate of drug-likeness (QED) is 0.322. The van der Waals surface area contributed by atoms with Crippen molar-refractivity contribution in [1.29, 1.82) is 0 Å². The number of benzene rings is 2. The molecule has 0 aromatic heterocycles. The van der Waals surface area contributed by atoms with Gasteiger partial charge in [0.05, 0.1) is 11.0 Å². The molecule has 0 bridgehead atoms. The summed E-state index contributed by atoms with van der Waals surface area (Å²) >= 11 is 2.35. The Morgan fingerprint density at radius 3 is 2.70 bits per heavy atom. The number of hydrogen-bond donors (Lipinski definition) is 1. The van der Waals surface area contributed by atoms with E-state index in [2.05, 4.69) is 58.3 Å². The van der Waals surface area contributed by atoms with Crippen LogP contribution in [0.3, 0.4) is 0 Å². The minimum Gasteiger partial charge on any atom is -0.378 e. The van der Waals surface area contributed by atoms with Crippen LogP contribution in [-0.2, 0) is 0 Å². The summed E-state index contributed by atoms with van der Waals surface area (Å²) in [7, 11) is 0. The summed E-state index contributed by atoms with van der Waals surface area (Å²) in [6.45, 7) is 0. The van der Waals surface area contributed by atoms with Gasteiger partial charge in [-0.2, -0.15) is 0 Å². The topological polar surface area (TPSA) is 55.2 Å². The van der Waals surface area contributed by atoms with Crippen LogP contribution in [0.2, 0.25) is 0 Å². The Hall–Kier alpha value is -1.89. The minimum absolute atomic E-state index is 0.139. The summed E-state index contributed by atoms with van der Waals surface area (Å²) in [5.41, 5.74) is 3.77. The SMILES string of the molecule is O=[N+]([O-])c1ccc([C@@H]2Nc3ccc(I)cc3[C@H]3C=CC[C@@H]32)cc1. The zero-order valence-corrected chi connectivity index (χ0v) is 14.4. The molecule has 0 saturated carbocycles. The molecule has 23 heavy (non-hydrogen) atoms. The van der Waals surface area contributed by atoms with Crippen LogP contribution < -0.4 is 5.32 Å². The Morgan fingerprint density at radius 1 is 1.17 bits per heavy atom. The molecule has 4 nitrogen and oxygen atoms in total. The van der Waals surface area contributed by atoms with E-state index >= 15 is 0 Å². The highest BCUT2D eigenvalue weighted by Crippen LogP contribution is 2.50. The van der Waals surface area contributed by atoms with Crippen molar-refractivity contribution in [2.24, 2.45) is 5.92 Å². The van der Waals surface area contributed by atoms with E-state index < -0.39 is 0 Å². The molecule has 1 aliphatic carbocycles. The Balaban J connectivity index is 1.73. The standard InChI is InChI=1S/C18H15IN2O2/c19-12-6-9-17-16(10-12)14-2-1-3-15(14)18(20-17)11-4-7-13(8-5-11)21(22)23/h1-2,4-10,14-15,18,20H,3H2/t14-,15-,18-/m0/s1. The van der Waals surface area contributed by atoms with Crippen LogP contribution in [-0.4, -0.2) is 4.92 Å². The van der Waals surface area contributed by atoms with E-state index in [1.807, 2.05) is 12.1 Å². The fourth-order valence-corrected chi connectivity index (χ4v) is 4.21. The molecule has 0 unspecified atom stereocenters. The monoisotopic (exact) mass is 418 g/mol. The summed E-state index contributed by atoms with van der Waals surface area (Å²) in [5, 5.41) is 14.5. The molecule has 2 aliphatic rings. The first-order chi connectivity index (χ1) is 11.1. The number of anilines is 1. The maximum Gasteiger partial charge on any atom is 0.269 e. The molecular weight excluding hydrogens is 403 g/mol. The number of rotatable bonds is 2. The number of halogens is 1. The summed E-state index contributed by atoms with van der Waals surface area (Å²) in [6, 6.07) is 13.6. The summed E-state index contributed by atoms with van der Waals surface area (Å²) in [5.74, 6) is 0.878. The molecule has 0 saturated heterocycles. The molecule has 0 radical (unpaired) electrons. The van der Waals surface area contributed by atoms with Crippen molar-refractivity contribution in [3.63, 3.8) is 0 Å². The van der Waals surface area contributed by atoms with Crippen molar-refractivity contribution in [2.75, 3.05) is 5.32 Å². The molecule has 2 aromatic rings. The Kier molecular flexibility index (Phi) is 3.60. The van der Waals surface area contributed by atoms with Crippen molar-refractivity contribution in [3.05, 3.63) is 79.4 Å².